The Morgan fingerprint density at radius 2 is 2.38 bits per heavy atom. The zero-order valence-electron chi connectivity index (χ0n) is 12.1. The molecule has 0 amide bonds. The molecule has 0 saturated carbocycles. The second-order valence-corrected chi connectivity index (χ2v) is 6.52. The molecule has 1 saturated heterocycles. The van der Waals surface area contributed by atoms with Crippen molar-refractivity contribution in [3.8, 4) is 6.07 Å². The number of carboxylic acids is 1. The summed E-state index contributed by atoms with van der Waals surface area (Å²) in [6.07, 6.45) is 2.30. The fourth-order valence-corrected chi connectivity index (χ4v) is 3.47. The molecule has 0 bridgehead atoms. The van der Waals surface area contributed by atoms with Crippen LogP contribution in [0.5, 0.6) is 0 Å². The van der Waals surface area contributed by atoms with E-state index in [9.17, 15) is 10.1 Å². The van der Waals surface area contributed by atoms with Gasteiger partial charge in [-0.05, 0) is 52.7 Å². The third kappa shape index (κ3) is 3.76. The highest BCUT2D eigenvalue weighted by atomic mass is 79.9. The molecule has 112 valence electrons. The molecule has 1 aliphatic heterocycles. The van der Waals surface area contributed by atoms with E-state index in [2.05, 4.69) is 26.9 Å². The number of aliphatic carboxylic acids is 1. The number of anilines is 1. The maximum absolute atomic E-state index is 10.9. The van der Waals surface area contributed by atoms with Gasteiger partial charge in [0.15, 0.2) is 0 Å². The highest BCUT2D eigenvalue weighted by Gasteiger charge is 2.27. The van der Waals surface area contributed by atoms with Crippen molar-refractivity contribution in [1.82, 2.24) is 0 Å². The first-order chi connectivity index (χ1) is 10.0. The van der Waals surface area contributed by atoms with Gasteiger partial charge in [-0.2, -0.15) is 5.26 Å². The van der Waals surface area contributed by atoms with Gasteiger partial charge < -0.3 is 10.0 Å². The normalized spacial score (nSPS) is 19.9. The van der Waals surface area contributed by atoms with Crippen molar-refractivity contribution in [3.63, 3.8) is 0 Å². The molecule has 0 aliphatic carbocycles. The lowest BCUT2D eigenvalue weighted by Crippen LogP contribution is -2.38. The van der Waals surface area contributed by atoms with Gasteiger partial charge in [0, 0.05) is 24.0 Å². The highest BCUT2D eigenvalue weighted by Crippen LogP contribution is 2.33. The molecule has 1 aromatic rings. The summed E-state index contributed by atoms with van der Waals surface area (Å²) >= 11 is 3.42. The zero-order chi connectivity index (χ0) is 15.4. The van der Waals surface area contributed by atoms with Crippen LogP contribution in [0.25, 0.3) is 0 Å². The standard InChI is InChI=1S/C16H19BrN2O2/c1-11(8-16(20)21)12-4-3-7-19(10-12)15-6-2-5-14(17)13(15)9-18/h2,5-6,11-12H,3-4,7-8,10H2,1H3,(H,20,21). The van der Waals surface area contributed by atoms with Crippen LogP contribution in [0.3, 0.4) is 0 Å². The molecule has 0 spiro atoms. The van der Waals surface area contributed by atoms with E-state index in [1.807, 2.05) is 25.1 Å². The third-order valence-electron chi connectivity index (χ3n) is 4.20. The van der Waals surface area contributed by atoms with Gasteiger partial charge in [0.05, 0.1) is 11.3 Å². The Balaban J connectivity index is 2.17. The summed E-state index contributed by atoms with van der Waals surface area (Å²) in [6.45, 7) is 3.75. The lowest BCUT2D eigenvalue weighted by Gasteiger charge is -2.37. The van der Waals surface area contributed by atoms with Crippen LogP contribution < -0.4 is 4.90 Å². The van der Waals surface area contributed by atoms with Crippen molar-refractivity contribution in [2.75, 3.05) is 18.0 Å². The molecule has 0 radical (unpaired) electrons. The van der Waals surface area contributed by atoms with E-state index in [1.54, 1.807) is 0 Å². The lowest BCUT2D eigenvalue weighted by molar-refractivity contribution is -0.138. The van der Waals surface area contributed by atoms with Crippen molar-refractivity contribution in [2.45, 2.75) is 26.2 Å². The molecule has 1 aromatic carbocycles. The topological polar surface area (TPSA) is 64.3 Å². The smallest absolute Gasteiger partial charge is 0.303 e. The van der Waals surface area contributed by atoms with Gasteiger partial charge >= 0.3 is 5.97 Å². The van der Waals surface area contributed by atoms with E-state index in [0.717, 1.165) is 36.1 Å². The first-order valence-electron chi connectivity index (χ1n) is 7.18. The number of hydrogen-bond donors (Lipinski definition) is 1. The number of carbonyl (C=O) groups is 1. The molecule has 2 rings (SSSR count). The number of benzene rings is 1. The first kappa shape index (κ1) is 15.8. The van der Waals surface area contributed by atoms with Crippen LogP contribution in [-0.4, -0.2) is 24.2 Å². The van der Waals surface area contributed by atoms with E-state index < -0.39 is 5.97 Å². The van der Waals surface area contributed by atoms with E-state index in [0.29, 0.717) is 11.5 Å². The average Bonchev–Trinajstić information content (AvgIpc) is 2.46. The molecular weight excluding hydrogens is 332 g/mol. The molecule has 4 nitrogen and oxygen atoms in total. The molecule has 1 aliphatic rings. The van der Waals surface area contributed by atoms with E-state index >= 15 is 0 Å². The number of hydrogen-bond acceptors (Lipinski definition) is 3. The monoisotopic (exact) mass is 350 g/mol. The minimum atomic E-state index is -0.736. The maximum atomic E-state index is 10.9. The third-order valence-corrected chi connectivity index (χ3v) is 4.86. The van der Waals surface area contributed by atoms with Crippen molar-refractivity contribution in [2.24, 2.45) is 11.8 Å². The quantitative estimate of drug-likeness (QED) is 0.899. The van der Waals surface area contributed by atoms with Crippen molar-refractivity contribution >= 4 is 27.6 Å². The van der Waals surface area contributed by atoms with Crippen molar-refractivity contribution < 1.29 is 9.90 Å². The van der Waals surface area contributed by atoms with E-state index in [4.69, 9.17) is 5.11 Å². The van der Waals surface area contributed by atoms with Crippen LogP contribution >= 0.6 is 15.9 Å². The molecule has 1 fully saturated rings. The molecular formula is C16H19BrN2O2. The predicted molar refractivity (Wildman–Crippen MR) is 85.2 cm³/mol. The zero-order valence-corrected chi connectivity index (χ0v) is 13.6. The van der Waals surface area contributed by atoms with Gasteiger partial charge in [-0.3, -0.25) is 4.79 Å². The van der Waals surface area contributed by atoms with Crippen LogP contribution in [0.2, 0.25) is 0 Å². The summed E-state index contributed by atoms with van der Waals surface area (Å²) in [7, 11) is 0. The number of carboxylic acid groups (broad SMARTS) is 1. The van der Waals surface area contributed by atoms with Crippen LogP contribution in [0.1, 0.15) is 31.7 Å². The summed E-state index contributed by atoms with van der Waals surface area (Å²) in [4.78, 5) is 13.1. The lowest BCUT2D eigenvalue weighted by atomic mass is 9.84. The molecule has 0 aromatic heterocycles. The van der Waals surface area contributed by atoms with Gasteiger partial charge in [0.1, 0.15) is 6.07 Å². The molecule has 2 atom stereocenters. The van der Waals surface area contributed by atoms with Gasteiger partial charge in [0.25, 0.3) is 0 Å². The average molecular weight is 351 g/mol. The number of halogens is 1. The Bertz CT molecular complexity index is 568. The largest absolute Gasteiger partial charge is 0.481 e. The maximum Gasteiger partial charge on any atom is 0.303 e. The number of nitrogens with zero attached hydrogens (tertiary/aromatic N) is 2. The van der Waals surface area contributed by atoms with Crippen LogP contribution in [0.4, 0.5) is 5.69 Å². The highest BCUT2D eigenvalue weighted by molar-refractivity contribution is 9.10. The fraction of sp³-hybridized carbons (Fsp3) is 0.500. The predicted octanol–water partition coefficient (Wildman–Crippen LogP) is 3.65. The summed E-state index contributed by atoms with van der Waals surface area (Å²) in [5, 5.41) is 18.3. The Morgan fingerprint density at radius 1 is 1.62 bits per heavy atom. The van der Waals surface area contributed by atoms with E-state index in [-0.39, 0.29) is 12.3 Å². The fourth-order valence-electron chi connectivity index (χ4n) is 3.02. The summed E-state index contributed by atoms with van der Waals surface area (Å²) in [5.41, 5.74) is 1.60. The van der Waals surface area contributed by atoms with E-state index in [1.165, 1.54) is 0 Å². The molecule has 1 heterocycles. The van der Waals surface area contributed by atoms with Gasteiger partial charge in [0.2, 0.25) is 0 Å². The van der Waals surface area contributed by atoms with Crippen molar-refractivity contribution in [1.29, 1.82) is 5.26 Å². The second kappa shape index (κ2) is 6.95. The summed E-state index contributed by atoms with van der Waals surface area (Å²) in [6, 6.07) is 8.03. The Labute approximate surface area is 133 Å². The number of piperidine rings is 1. The molecule has 5 heteroatoms. The SMILES string of the molecule is CC(CC(=O)O)C1CCCN(c2cccc(Br)c2C#N)C1. The summed E-state index contributed by atoms with van der Waals surface area (Å²) in [5.74, 6) is -0.219. The minimum absolute atomic E-state index is 0.156. The molecule has 2 unspecified atom stereocenters. The number of rotatable bonds is 4. The van der Waals surface area contributed by atoms with Gasteiger partial charge in [-0.25, -0.2) is 0 Å². The van der Waals surface area contributed by atoms with Crippen LogP contribution in [0.15, 0.2) is 22.7 Å². The van der Waals surface area contributed by atoms with Crippen LogP contribution in [-0.2, 0) is 4.79 Å². The Kier molecular flexibility index (Phi) is 5.24. The first-order valence-corrected chi connectivity index (χ1v) is 7.97. The van der Waals surface area contributed by atoms with Gasteiger partial charge in [-0.15, -0.1) is 0 Å². The summed E-state index contributed by atoms with van der Waals surface area (Å²) < 4.78 is 0.809. The second-order valence-electron chi connectivity index (χ2n) is 5.67. The Morgan fingerprint density at radius 3 is 3.05 bits per heavy atom. The van der Waals surface area contributed by atoms with Gasteiger partial charge in [-0.1, -0.05) is 13.0 Å². The minimum Gasteiger partial charge on any atom is -0.481 e. The number of nitriles is 1. The van der Waals surface area contributed by atoms with Crippen LogP contribution in [0, 0.1) is 23.2 Å². The Hall–Kier alpha value is -1.54. The van der Waals surface area contributed by atoms with Crippen molar-refractivity contribution in [3.05, 3.63) is 28.2 Å². The molecule has 21 heavy (non-hydrogen) atoms. The molecule has 1 N–H and O–H groups in total.